The number of anilines is 1. The summed E-state index contributed by atoms with van der Waals surface area (Å²) in [4.78, 5) is 24.5. The second kappa shape index (κ2) is 7.94. The number of halogens is 2. The van der Waals surface area contributed by atoms with Crippen LogP contribution in [0, 0.1) is 11.7 Å². The number of carbonyl (C=O) groups is 2. The number of benzene rings is 1. The number of nitrogens with one attached hydrogen (secondary N) is 2. The van der Waals surface area contributed by atoms with E-state index in [4.69, 9.17) is 5.73 Å². The smallest absolute Gasteiger partial charge is 0.228 e. The number of fused-ring (bicyclic) bond motifs is 1. The van der Waals surface area contributed by atoms with Crippen molar-refractivity contribution in [3.8, 4) is 0 Å². The van der Waals surface area contributed by atoms with Gasteiger partial charge in [0, 0.05) is 18.2 Å². The summed E-state index contributed by atoms with van der Waals surface area (Å²) in [6.45, 7) is 0.553. The number of nitrogens with two attached hydrogens (primary N) is 1. The van der Waals surface area contributed by atoms with Crippen LogP contribution in [0.2, 0.25) is 0 Å². The monoisotopic (exact) mass is 355 g/mol. The van der Waals surface area contributed by atoms with Crippen molar-refractivity contribution < 1.29 is 14.0 Å². The number of amides is 2. The highest BCUT2D eigenvalue weighted by Gasteiger charge is 2.33. The summed E-state index contributed by atoms with van der Waals surface area (Å²) in [6, 6.07) is 4.22. The molecule has 2 aliphatic rings. The van der Waals surface area contributed by atoms with Crippen molar-refractivity contribution in [2.24, 2.45) is 11.7 Å². The van der Waals surface area contributed by atoms with Crippen LogP contribution in [0.15, 0.2) is 18.2 Å². The molecule has 0 radical (unpaired) electrons. The average Bonchev–Trinajstić information content (AvgIpc) is 2.54. The maximum Gasteiger partial charge on any atom is 0.228 e. The van der Waals surface area contributed by atoms with Crippen LogP contribution in [0.25, 0.3) is 0 Å². The molecule has 1 heterocycles. The van der Waals surface area contributed by atoms with Gasteiger partial charge in [0.1, 0.15) is 5.82 Å². The summed E-state index contributed by atoms with van der Waals surface area (Å²) in [5.41, 5.74) is 6.87. The first-order valence-corrected chi connectivity index (χ1v) is 8.18. The van der Waals surface area contributed by atoms with E-state index < -0.39 is 11.7 Å². The van der Waals surface area contributed by atoms with Gasteiger partial charge < -0.3 is 16.4 Å². The normalized spacial score (nSPS) is 25.9. The number of rotatable bonds is 3. The van der Waals surface area contributed by atoms with Crippen LogP contribution in [-0.4, -0.2) is 24.4 Å². The second-order valence-electron chi connectivity index (χ2n) is 6.43. The van der Waals surface area contributed by atoms with E-state index in [1.54, 1.807) is 6.07 Å². The van der Waals surface area contributed by atoms with E-state index in [2.05, 4.69) is 10.6 Å². The summed E-state index contributed by atoms with van der Waals surface area (Å²) < 4.78 is 13.4. The van der Waals surface area contributed by atoms with Crippen molar-refractivity contribution in [3.05, 3.63) is 29.6 Å². The van der Waals surface area contributed by atoms with Gasteiger partial charge >= 0.3 is 0 Å². The van der Waals surface area contributed by atoms with Gasteiger partial charge in [0.15, 0.2) is 0 Å². The van der Waals surface area contributed by atoms with E-state index in [0.29, 0.717) is 17.8 Å². The van der Waals surface area contributed by atoms with Gasteiger partial charge in [-0.25, -0.2) is 4.39 Å². The van der Waals surface area contributed by atoms with Crippen molar-refractivity contribution in [2.45, 2.75) is 44.1 Å². The lowest BCUT2D eigenvalue weighted by Crippen LogP contribution is -2.47. The summed E-state index contributed by atoms with van der Waals surface area (Å²) in [5.74, 6) is -1.14. The molecule has 7 heteroatoms. The molecule has 4 N–H and O–H groups in total. The Morgan fingerprint density at radius 2 is 2.08 bits per heavy atom. The fourth-order valence-corrected chi connectivity index (χ4v) is 3.63. The van der Waals surface area contributed by atoms with E-state index in [0.717, 1.165) is 25.7 Å². The third-order valence-corrected chi connectivity index (χ3v) is 4.91. The molecule has 3 rings (SSSR count). The minimum absolute atomic E-state index is 0. The zero-order valence-corrected chi connectivity index (χ0v) is 14.2. The van der Waals surface area contributed by atoms with Crippen LogP contribution in [0.4, 0.5) is 10.1 Å². The minimum Gasteiger partial charge on any atom is -0.353 e. The summed E-state index contributed by atoms with van der Waals surface area (Å²) in [5, 5.41) is 5.70. The molecule has 1 aromatic carbocycles. The molecule has 1 fully saturated rings. The molecule has 5 nitrogen and oxygen atoms in total. The largest absolute Gasteiger partial charge is 0.353 e. The highest BCUT2D eigenvalue weighted by Crippen LogP contribution is 2.33. The molecule has 0 saturated heterocycles. The van der Waals surface area contributed by atoms with Crippen molar-refractivity contribution in [1.29, 1.82) is 0 Å². The molecule has 3 unspecified atom stereocenters. The highest BCUT2D eigenvalue weighted by atomic mass is 35.5. The Morgan fingerprint density at radius 3 is 2.83 bits per heavy atom. The molecule has 1 saturated carbocycles. The van der Waals surface area contributed by atoms with E-state index >= 15 is 0 Å². The van der Waals surface area contributed by atoms with E-state index in [1.807, 2.05) is 0 Å². The third kappa shape index (κ3) is 3.87. The number of carbonyl (C=O) groups excluding carboxylic acids is 2. The van der Waals surface area contributed by atoms with Gasteiger partial charge in [-0.2, -0.15) is 0 Å². The fraction of sp³-hybridized carbons (Fsp3) is 0.529. The molecule has 0 spiro atoms. The van der Waals surface area contributed by atoms with Gasteiger partial charge in [0.05, 0.1) is 5.92 Å². The van der Waals surface area contributed by atoms with Crippen LogP contribution in [0.5, 0.6) is 0 Å². The van der Waals surface area contributed by atoms with Crippen LogP contribution < -0.4 is 16.4 Å². The lowest BCUT2D eigenvalue weighted by molar-refractivity contribution is -0.127. The van der Waals surface area contributed by atoms with Crippen molar-refractivity contribution in [1.82, 2.24) is 5.32 Å². The highest BCUT2D eigenvalue weighted by molar-refractivity contribution is 6.01. The zero-order chi connectivity index (χ0) is 16.4. The summed E-state index contributed by atoms with van der Waals surface area (Å²) >= 11 is 0. The topological polar surface area (TPSA) is 84.2 Å². The van der Waals surface area contributed by atoms with Gasteiger partial charge in [0.25, 0.3) is 0 Å². The molecule has 1 aliphatic carbocycles. The Balaban J connectivity index is 0.00000208. The lowest BCUT2D eigenvalue weighted by Gasteiger charge is -2.33. The van der Waals surface area contributed by atoms with Crippen molar-refractivity contribution in [3.63, 3.8) is 0 Å². The molecular weight excluding hydrogens is 333 g/mol. The van der Waals surface area contributed by atoms with Crippen LogP contribution in [0.3, 0.4) is 0 Å². The summed E-state index contributed by atoms with van der Waals surface area (Å²) in [7, 11) is 0. The van der Waals surface area contributed by atoms with Gasteiger partial charge in [-0.05, 0) is 43.0 Å². The Bertz CT molecular complexity index is 626. The summed E-state index contributed by atoms with van der Waals surface area (Å²) in [6.07, 6.45) is 4.25. The Hall–Kier alpha value is -1.66. The standard InChI is InChI=1S/C17H22FN3O2.ClH/c18-11-5-6-12-13(8-16(22)20-15(12)7-11)17(23)21-14-4-2-1-3-10(14)9-19;/h5-7,10,13-14H,1-4,8-9,19H2,(H,20,22)(H,21,23);1H. The SMILES string of the molecule is Cl.NCC1CCCCC1NC(=O)C1CC(=O)Nc2cc(F)ccc21. The number of hydrogen-bond donors (Lipinski definition) is 3. The second-order valence-corrected chi connectivity index (χ2v) is 6.43. The van der Waals surface area contributed by atoms with E-state index in [-0.39, 0.29) is 42.6 Å². The first-order valence-electron chi connectivity index (χ1n) is 8.18. The molecular formula is C17H23ClFN3O2. The maximum absolute atomic E-state index is 13.4. The maximum atomic E-state index is 13.4. The Morgan fingerprint density at radius 1 is 1.33 bits per heavy atom. The van der Waals surface area contributed by atoms with Gasteiger partial charge in [-0.1, -0.05) is 18.9 Å². The molecule has 24 heavy (non-hydrogen) atoms. The minimum atomic E-state index is -0.570. The molecule has 0 aromatic heterocycles. The quantitative estimate of drug-likeness (QED) is 0.777. The van der Waals surface area contributed by atoms with Crippen molar-refractivity contribution >= 4 is 29.9 Å². The molecule has 3 atom stereocenters. The average molecular weight is 356 g/mol. The molecule has 1 aromatic rings. The van der Waals surface area contributed by atoms with Crippen LogP contribution in [0.1, 0.15) is 43.6 Å². The van der Waals surface area contributed by atoms with Gasteiger partial charge in [-0.3, -0.25) is 9.59 Å². The first-order chi connectivity index (χ1) is 11.1. The van der Waals surface area contributed by atoms with Crippen LogP contribution in [-0.2, 0) is 9.59 Å². The molecule has 132 valence electrons. The van der Waals surface area contributed by atoms with E-state index in [1.165, 1.54) is 12.1 Å². The third-order valence-electron chi connectivity index (χ3n) is 4.91. The zero-order valence-electron chi connectivity index (χ0n) is 13.4. The van der Waals surface area contributed by atoms with Crippen LogP contribution >= 0.6 is 12.4 Å². The van der Waals surface area contributed by atoms with Gasteiger partial charge in [-0.15, -0.1) is 12.4 Å². The van der Waals surface area contributed by atoms with E-state index in [9.17, 15) is 14.0 Å². The Labute approximate surface area is 147 Å². The first kappa shape index (κ1) is 18.7. The lowest BCUT2D eigenvalue weighted by atomic mass is 9.83. The number of hydrogen-bond acceptors (Lipinski definition) is 3. The predicted molar refractivity (Wildman–Crippen MR) is 92.6 cm³/mol. The molecule has 1 aliphatic heterocycles. The fourth-order valence-electron chi connectivity index (χ4n) is 3.63. The van der Waals surface area contributed by atoms with Gasteiger partial charge in [0.2, 0.25) is 11.8 Å². The predicted octanol–water partition coefficient (Wildman–Crippen LogP) is 2.31. The molecule has 2 amide bonds. The van der Waals surface area contributed by atoms with Crippen molar-refractivity contribution in [2.75, 3.05) is 11.9 Å². The Kier molecular flexibility index (Phi) is 6.18. The molecule has 0 bridgehead atoms.